The zero-order valence-corrected chi connectivity index (χ0v) is 10.3. The molecule has 3 heterocycles. The SMILES string of the molecule is Brc1cc2c(s1)-c1ncccc1OCC2. The zero-order valence-electron chi connectivity index (χ0n) is 7.87. The summed E-state index contributed by atoms with van der Waals surface area (Å²) in [5.74, 6) is 0.894. The van der Waals surface area contributed by atoms with E-state index in [-0.39, 0.29) is 0 Å². The van der Waals surface area contributed by atoms with Crippen molar-refractivity contribution in [3.05, 3.63) is 33.7 Å². The van der Waals surface area contributed by atoms with Gasteiger partial charge in [-0.15, -0.1) is 11.3 Å². The van der Waals surface area contributed by atoms with E-state index in [0.717, 1.165) is 28.3 Å². The molecule has 2 nitrogen and oxygen atoms in total. The first kappa shape index (κ1) is 9.36. The third kappa shape index (κ3) is 1.58. The fourth-order valence-electron chi connectivity index (χ4n) is 1.73. The van der Waals surface area contributed by atoms with Crippen LogP contribution in [0, 0.1) is 0 Å². The van der Waals surface area contributed by atoms with E-state index in [1.165, 1.54) is 10.4 Å². The molecule has 1 aliphatic rings. The van der Waals surface area contributed by atoms with Gasteiger partial charge in [-0.05, 0) is 39.7 Å². The maximum absolute atomic E-state index is 5.66. The van der Waals surface area contributed by atoms with Crippen molar-refractivity contribution in [2.45, 2.75) is 6.42 Å². The van der Waals surface area contributed by atoms with Gasteiger partial charge in [0, 0.05) is 12.6 Å². The van der Waals surface area contributed by atoms with Crippen molar-refractivity contribution < 1.29 is 4.74 Å². The predicted molar refractivity (Wildman–Crippen MR) is 64.4 cm³/mol. The molecule has 1 aliphatic heterocycles. The highest BCUT2D eigenvalue weighted by molar-refractivity contribution is 9.11. The molecule has 0 radical (unpaired) electrons. The van der Waals surface area contributed by atoms with Crippen LogP contribution in [-0.4, -0.2) is 11.6 Å². The average molecular weight is 282 g/mol. The molecule has 2 aromatic rings. The van der Waals surface area contributed by atoms with Crippen LogP contribution in [0.1, 0.15) is 5.56 Å². The first-order valence-electron chi connectivity index (χ1n) is 4.71. The summed E-state index contributed by atoms with van der Waals surface area (Å²) < 4.78 is 6.82. The molecule has 15 heavy (non-hydrogen) atoms. The van der Waals surface area contributed by atoms with Gasteiger partial charge in [0.15, 0.2) is 0 Å². The Morgan fingerprint density at radius 3 is 3.33 bits per heavy atom. The molecule has 0 aromatic carbocycles. The van der Waals surface area contributed by atoms with Crippen LogP contribution >= 0.6 is 27.3 Å². The molecule has 3 rings (SSSR count). The highest BCUT2D eigenvalue weighted by Gasteiger charge is 2.18. The van der Waals surface area contributed by atoms with Gasteiger partial charge in [0.1, 0.15) is 11.4 Å². The molecule has 0 saturated heterocycles. The number of thiophene rings is 1. The van der Waals surface area contributed by atoms with Crippen molar-refractivity contribution >= 4 is 27.3 Å². The maximum atomic E-state index is 5.66. The van der Waals surface area contributed by atoms with E-state index in [4.69, 9.17) is 4.74 Å². The normalized spacial score (nSPS) is 13.7. The smallest absolute Gasteiger partial charge is 0.146 e. The quantitative estimate of drug-likeness (QED) is 0.737. The Bertz CT molecular complexity index is 509. The highest BCUT2D eigenvalue weighted by Crippen LogP contribution is 2.40. The second-order valence-corrected chi connectivity index (χ2v) is 5.78. The minimum atomic E-state index is 0.731. The molecular formula is C11H8BrNOS. The summed E-state index contributed by atoms with van der Waals surface area (Å²) in [5.41, 5.74) is 2.30. The fourth-order valence-corrected chi connectivity index (χ4v) is 3.43. The summed E-state index contributed by atoms with van der Waals surface area (Å²) >= 11 is 5.24. The van der Waals surface area contributed by atoms with Crippen LogP contribution in [0.5, 0.6) is 5.75 Å². The van der Waals surface area contributed by atoms with Gasteiger partial charge in [-0.1, -0.05) is 0 Å². The third-order valence-electron chi connectivity index (χ3n) is 2.39. The van der Waals surface area contributed by atoms with Crippen LogP contribution < -0.4 is 4.74 Å². The number of rotatable bonds is 0. The number of aromatic nitrogens is 1. The standard InChI is InChI=1S/C11H8BrNOS/c12-9-6-7-3-5-14-8-2-1-4-13-10(8)11(7)15-9/h1-2,4,6H,3,5H2. The summed E-state index contributed by atoms with van der Waals surface area (Å²) in [7, 11) is 0. The Morgan fingerprint density at radius 2 is 2.40 bits per heavy atom. The first-order chi connectivity index (χ1) is 7.34. The number of fused-ring (bicyclic) bond motifs is 3. The summed E-state index contributed by atoms with van der Waals surface area (Å²) in [6.45, 7) is 0.731. The Hall–Kier alpha value is -0.870. The second-order valence-electron chi connectivity index (χ2n) is 3.35. The molecule has 0 aliphatic carbocycles. The van der Waals surface area contributed by atoms with E-state index in [2.05, 4.69) is 27.0 Å². The van der Waals surface area contributed by atoms with Crippen molar-refractivity contribution in [2.24, 2.45) is 0 Å². The largest absolute Gasteiger partial charge is 0.491 e. The number of pyridine rings is 1. The molecule has 0 unspecified atom stereocenters. The molecule has 0 saturated carbocycles. The molecular weight excluding hydrogens is 274 g/mol. The van der Waals surface area contributed by atoms with Crippen molar-refractivity contribution in [3.8, 4) is 16.3 Å². The number of hydrogen-bond acceptors (Lipinski definition) is 3. The predicted octanol–water partition coefficient (Wildman–Crippen LogP) is 3.51. The van der Waals surface area contributed by atoms with E-state index < -0.39 is 0 Å². The van der Waals surface area contributed by atoms with Crippen molar-refractivity contribution in [2.75, 3.05) is 6.61 Å². The maximum Gasteiger partial charge on any atom is 0.146 e. The number of nitrogens with zero attached hydrogens (tertiary/aromatic N) is 1. The molecule has 0 atom stereocenters. The van der Waals surface area contributed by atoms with Gasteiger partial charge in [-0.2, -0.15) is 0 Å². The van der Waals surface area contributed by atoms with Gasteiger partial charge in [-0.25, -0.2) is 0 Å². The third-order valence-corrected chi connectivity index (χ3v) is 4.08. The lowest BCUT2D eigenvalue weighted by atomic mass is 10.1. The van der Waals surface area contributed by atoms with Gasteiger partial charge in [0.2, 0.25) is 0 Å². The van der Waals surface area contributed by atoms with Gasteiger partial charge in [0.25, 0.3) is 0 Å². The van der Waals surface area contributed by atoms with Crippen molar-refractivity contribution in [3.63, 3.8) is 0 Å². The van der Waals surface area contributed by atoms with Crippen molar-refractivity contribution in [1.29, 1.82) is 0 Å². The zero-order chi connectivity index (χ0) is 10.3. The number of ether oxygens (including phenoxy) is 1. The highest BCUT2D eigenvalue weighted by atomic mass is 79.9. The van der Waals surface area contributed by atoms with Gasteiger partial charge in [0.05, 0.1) is 15.3 Å². The fraction of sp³-hybridized carbons (Fsp3) is 0.182. The van der Waals surface area contributed by atoms with Crippen molar-refractivity contribution in [1.82, 2.24) is 4.98 Å². The first-order valence-corrected chi connectivity index (χ1v) is 6.32. The van der Waals surface area contributed by atoms with Gasteiger partial charge in [-0.3, -0.25) is 4.98 Å². The monoisotopic (exact) mass is 281 g/mol. The Balaban J connectivity index is 2.26. The molecule has 4 heteroatoms. The topological polar surface area (TPSA) is 22.1 Å². The molecule has 0 spiro atoms. The molecule has 0 bridgehead atoms. The second kappa shape index (κ2) is 3.61. The summed E-state index contributed by atoms with van der Waals surface area (Å²) in [6, 6.07) is 6.05. The van der Waals surface area contributed by atoms with Crippen LogP contribution in [0.15, 0.2) is 28.2 Å². The van der Waals surface area contributed by atoms with Crippen LogP contribution in [0.3, 0.4) is 0 Å². The summed E-state index contributed by atoms with van der Waals surface area (Å²) in [4.78, 5) is 5.63. The lowest BCUT2D eigenvalue weighted by Crippen LogP contribution is -1.98. The average Bonchev–Trinajstić information content (AvgIpc) is 2.52. The van der Waals surface area contributed by atoms with Gasteiger partial charge < -0.3 is 4.74 Å². The van der Waals surface area contributed by atoms with Gasteiger partial charge >= 0.3 is 0 Å². The van der Waals surface area contributed by atoms with Crippen LogP contribution in [-0.2, 0) is 6.42 Å². The lowest BCUT2D eigenvalue weighted by Gasteiger charge is -2.04. The van der Waals surface area contributed by atoms with E-state index >= 15 is 0 Å². The van der Waals surface area contributed by atoms with Crippen LogP contribution in [0.4, 0.5) is 0 Å². The number of hydrogen-bond donors (Lipinski definition) is 0. The molecule has 0 N–H and O–H groups in total. The van der Waals surface area contributed by atoms with E-state index in [9.17, 15) is 0 Å². The van der Waals surface area contributed by atoms with E-state index in [1.54, 1.807) is 11.3 Å². The molecule has 0 fully saturated rings. The minimum absolute atomic E-state index is 0.731. The van der Waals surface area contributed by atoms with Crippen LogP contribution in [0.25, 0.3) is 10.6 Å². The summed E-state index contributed by atoms with van der Waals surface area (Å²) in [6.07, 6.45) is 2.76. The van der Waals surface area contributed by atoms with Crippen LogP contribution in [0.2, 0.25) is 0 Å². The summed E-state index contributed by atoms with van der Waals surface area (Å²) in [5, 5.41) is 0. The van der Waals surface area contributed by atoms with E-state index in [0.29, 0.717) is 0 Å². The lowest BCUT2D eigenvalue weighted by molar-refractivity contribution is 0.325. The minimum Gasteiger partial charge on any atom is -0.491 e. The van der Waals surface area contributed by atoms with E-state index in [1.807, 2.05) is 18.3 Å². The molecule has 0 amide bonds. The molecule has 76 valence electrons. The Kier molecular flexibility index (Phi) is 2.25. The Labute approximate surface area is 100 Å². The molecule has 2 aromatic heterocycles. The Morgan fingerprint density at radius 1 is 1.47 bits per heavy atom. The number of halogens is 1.